The Bertz CT molecular complexity index is 1060. The third-order valence-corrected chi connectivity index (χ3v) is 5.99. The van der Waals surface area contributed by atoms with E-state index in [2.05, 4.69) is 77.0 Å². The fraction of sp³-hybridized carbons (Fsp3) is 0.0952. The molecule has 0 saturated heterocycles. The van der Waals surface area contributed by atoms with Gasteiger partial charge in [0.1, 0.15) is 0 Å². The Balaban J connectivity index is 1.60. The first-order valence-electron chi connectivity index (χ1n) is 8.52. The molecule has 0 aliphatic heterocycles. The zero-order valence-electron chi connectivity index (χ0n) is 14.2. The number of aryl methyl sites for hydroxylation is 1. The summed E-state index contributed by atoms with van der Waals surface area (Å²) < 4.78 is 1.84. The first-order chi connectivity index (χ1) is 12.8. The minimum absolute atomic E-state index is 0.191. The number of para-hydroxylation sites is 1. The summed E-state index contributed by atoms with van der Waals surface area (Å²) in [4.78, 5) is 0. The van der Waals surface area contributed by atoms with Crippen LogP contribution in [0.5, 0.6) is 0 Å². The lowest BCUT2D eigenvalue weighted by Crippen LogP contribution is -2.02. The SMILES string of the molecule is Cc1ccccc1-n1nnnc1SC1c2ccccc2-c2ccccc21. The van der Waals surface area contributed by atoms with Crippen molar-refractivity contribution in [3.8, 4) is 16.8 Å². The van der Waals surface area contributed by atoms with E-state index in [1.165, 1.54) is 22.3 Å². The molecule has 1 heterocycles. The van der Waals surface area contributed by atoms with Crippen molar-refractivity contribution in [1.82, 2.24) is 20.2 Å². The van der Waals surface area contributed by atoms with Gasteiger partial charge in [-0.15, -0.1) is 5.10 Å². The standard InChI is InChI=1S/C21H16N4S/c1-14-8-2-7-13-19(14)25-21(22-23-24-25)26-20-17-11-5-3-9-15(17)16-10-4-6-12-18(16)20/h2-13,20H,1H3. The highest BCUT2D eigenvalue weighted by Gasteiger charge is 2.30. The van der Waals surface area contributed by atoms with E-state index >= 15 is 0 Å². The predicted octanol–water partition coefficient (Wildman–Crippen LogP) is 4.83. The Labute approximate surface area is 155 Å². The molecule has 126 valence electrons. The van der Waals surface area contributed by atoms with Crippen LogP contribution < -0.4 is 0 Å². The van der Waals surface area contributed by atoms with Crippen molar-refractivity contribution in [3.05, 3.63) is 89.5 Å². The zero-order valence-corrected chi connectivity index (χ0v) is 15.0. The van der Waals surface area contributed by atoms with Crippen molar-refractivity contribution in [2.75, 3.05) is 0 Å². The lowest BCUT2D eigenvalue weighted by atomic mass is 10.1. The summed E-state index contributed by atoms with van der Waals surface area (Å²) in [6.45, 7) is 2.08. The zero-order chi connectivity index (χ0) is 17.5. The lowest BCUT2D eigenvalue weighted by Gasteiger charge is -2.13. The Morgan fingerprint density at radius 2 is 1.42 bits per heavy atom. The molecule has 0 unspecified atom stereocenters. The number of aromatic nitrogens is 4. The fourth-order valence-electron chi connectivity index (χ4n) is 3.55. The molecule has 1 aliphatic rings. The van der Waals surface area contributed by atoms with Crippen molar-refractivity contribution >= 4 is 11.8 Å². The van der Waals surface area contributed by atoms with E-state index in [-0.39, 0.29) is 5.25 Å². The Hall–Kier alpha value is -2.92. The van der Waals surface area contributed by atoms with Crippen molar-refractivity contribution in [2.45, 2.75) is 17.3 Å². The van der Waals surface area contributed by atoms with Crippen LogP contribution >= 0.6 is 11.8 Å². The molecule has 0 amide bonds. The van der Waals surface area contributed by atoms with Crippen LogP contribution in [0.3, 0.4) is 0 Å². The van der Waals surface area contributed by atoms with Gasteiger partial charge in [-0.1, -0.05) is 78.5 Å². The fourth-order valence-corrected chi connectivity index (χ4v) is 4.74. The van der Waals surface area contributed by atoms with Gasteiger partial charge in [0.15, 0.2) is 0 Å². The Morgan fingerprint density at radius 3 is 2.12 bits per heavy atom. The molecule has 4 aromatic rings. The van der Waals surface area contributed by atoms with E-state index in [4.69, 9.17) is 0 Å². The van der Waals surface area contributed by atoms with Crippen LogP contribution in [0.25, 0.3) is 16.8 Å². The molecule has 0 saturated carbocycles. The topological polar surface area (TPSA) is 43.6 Å². The number of nitrogens with zero attached hydrogens (tertiary/aromatic N) is 4. The van der Waals surface area contributed by atoms with Crippen LogP contribution in [-0.4, -0.2) is 20.2 Å². The number of rotatable bonds is 3. The van der Waals surface area contributed by atoms with Gasteiger partial charge in [0.25, 0.3) is 0 Å². The van der Waals surface area contributed by atoms with Gasteiger partial charge in [-0.05, 0) is 51.2 Å². The van der Waals surface area contributed by atoms with Crippen LogP contribution in [0.4, 0.5) is 0 Å². The van der Waals surface area contributed by atoms with Gasteiger partial charge >= 0.3 is 0 Å². The molecule has 3 aromatic carbocycles. The molecule has 4 nitrogen and oxygen atoms in total. The number of benzene rings is 3. The maximum absolute atomic E-state index is 4.31. The predicted molar refractivity (Wildman–Crippen MR) is 103 cm³/mol. The number of thioether (sulfide) groups is 1. The lowest BCUT2D eigenvalue weighted by molar-refractivity contribution is 0.751. The van der Waals surface area contributed by atoms with E-state index in [0.717, 1.165) is 16.4 Å². The van der Waals surface area contributed by atoms with Gasteiger partial charge < -0.3 is 0 Å². The van der Waals surface area contributed by atoms with Crippen molar-refractivity contribution < 1.29 is 0 Å². The quantitative estimate of drug-likeness (QED) is 0.527. The molecule has 0 N–H and O–H groups in total. The summed E-state index contributed by atoms with van der Waals surface area (Å²) in [6, 6.07) is 25.4. The van der Waals surface area contributed by atoms with Gasteiger partial charge in [0, 0.05) is 0 Å². The van der Waals surface area contributed by atoms with Crippen molar-refractivity contribution in [2.24, 2.45) is 0 Å². The van der Waals surface area contributed by atoms with E-state index in [9.17, 15) is 0 Å². The average molecular weight is 356 g/mol. The number of tetrazole rings is 1. The molecule has 0 atom stereocenters. The summed E-state index contributed by atoms with van der Waals surface area (Å²) in [5.41, 5.74) is 7.40. The number of fused-ring (bicyclic) bond motifs is 3. The van der Waals surface area contributed by atoms with Crippen LogP contribution in [0.1, 0.15) is 21.9 Å². The molecule has 1 aromatic heterocycles. The maximum atomic E-state index is 4.31. The smallest absolute Gasteiger partial charge is 0.187 e. The highest BCUT2D eigenvalue weighted by atomic mass is 32.2. The number of hydrogen-bond donors (Lipinski definition) is 0. The largest absolute Gasteiger partial charge is 0.215 e. The van der Waals surface area contributed by atoms with Gasteiger partial charge in [-0.25, -0.2) is 0 Å². The Morgan fingerprint density at radius 1 is 0.808 bits per heavy atom. The van der Waals surface area contributed by atoms with E-state index in [0.29, 0.717) is 0 Å². The summed E-state index contributed by atoms with van der Waals surface area (Å²) >= 11 is 1.70. The third-order valence-electron chi connectivity index (χ3n) is 4.78. The van der Waals surface area contributed by atoms with Crippen molar-refractivity contribution in [3.63, 3.8) is 0 Å². The van der Waals surface area contributed by atoms with Crippen LogP contribution in [0, 0.1) is 6.92 Å². The van der Waals surface area contributed by atoms with E-state index < -0.39 is 0 Å². The second-order valence-electron chi connectivity index (χ2n) is 6.33. The monoisotopic (exact) mass is 356 g/mol. The summed E-state index contributed by atoms with van der Waals surface area (Å²) in [5.74, 6) is 0. The summed E-state index contributed by atoms with van der Waals surface area (Å²) in [7, 11) is 0. The average Bonchev–Trinajstić information content (AvgIpc) is 3.26. The molecule has 26 heavy (non-hydrogen) atoms. The number of hydrogen-bond acceptors (Lipinski definition) is 4. The summed E-state index contributed by atoms with van der Waals surface area (Å²) in [6.07, 6.45) is 0. The van der Waals surface area contributed by atoms with Crippen LogP contribution in [0.2, 0.25) is 0 Å². The molecular weight excluding hydrogens is 340 g/mol. The molecule has 1 aliphatic carbocycles. The minimum atomic E-state index is 0.191. The van der Waals surface area contributed by atoms with Crippen LogP contribution in [0.15, 0.2) is 78.0 Å². The van der Waals surface area contributed by atoms with Gasteiger partial charge in [0.2, 0.25) is 5.16 Å². The van der Waals surface area contributed by atoms with Gasteiger partial charge in [-0.3, -0.25) is 0 Å². The second-order valence-corrected chi connectivity index (χ2v) is 7.40. The first kappa shape index (κ1) is 15.3. The molecule has 5 rings (SSSR count). The second kappa shape index (κ2) is 6.11. The molecule has 0 bridgehead atoms. The van der Waals surface area contributed by atoms with Gasteiger partial charge in [-0.2, -0.15) is 4.68 Å². The molecule has 5 heteroatoms. The highest BCUT2D eigenvalue weighted by molar-refractivity contribution is 7.99. The van der Waals surface area contributed by atoms with Crippen LogP contribution in [-0.2, 0) is 0 Å². The first-order valence-corrected chi connectivity index (χ1v) is 9.40. The molecule has 0 fully saturated rings. The maximum Gasteiger partial charge on any atom is 0.215 e. The van der Waals surface area contributed by atoms with Gasteiger partial charge in [0.05, 0.1) is 10.9 Å². The minimum Gasteiger partial charge on any atom is -0.187 e. The van der Waals surface area contributed by atoms with E-state index in [1.54, 1.807) is 11.8 Å². The van der Waals surface area contributed by atoms with E-state index in [1.807, 2.05) is 22.9 Å². The molecule has 0 radical (unpaired) electrons. The third kappa shape index (κ3) is 2.35. The molecule has 0 spiro atoms. The molecular formula is C21H16N4S. The normalized spacial score (nSPS) is 12.8. The Kier molecular flexibility index (Phi) is 3.60. The van der Waals surface area contributed by atoms with Crippen molar-refractivity contribution in [1.29, 1.82) is 0 Å². The highest BCUT2D eigenvalue weighted by Crippen LogP contribution is 2.51. The summed E-state index contributed by atoms with van der Waals surface area (Å²) in [5, 5.41) is 13.5.